The number of aromatic nitrogens is 2. The third kappa shape index (κ3) is 5.67. The van der Waals surface area contributed by atoms with Gasteiger partial charge in [0.25, 0.3) is 11.5 Å². The Bertz CT molecular complexity index is 1460. The van der Waals surface area contributed by atoms with Crippen molar-refractivity contribution in [2.45, 2.75) is 26.2 Å². The molecule has 0 bridgehead atoms. The molecule has 1 fully saturated rings. The number of methoxy groups -OCH3 is 1. The normalized spacial score (nSPS) is 14.2. The number of nitrogen functional groups attached to an aromatic ring is 1. The van der Waals surface area contributed by atoms with Gasteiger partial charge in [0.15, 0.2) is 0 Å². The number of aromatic amines is 1. The summed E-state index contributed by atoms with van der Waals surface area (Å²) < 4.78 is 12.6. The van der Waals surface area contributed by atoms with Crippen molar-refractivity contribution in [1.82, 2.24) is 14.5 Å². The molecule has 1 amide bonds. The summed E-state index contributed by atoms with van der Waals surface area (Å²) in [5, 5.41) is 0. The molecule has 194 valence electrons. The zero-order valence-corrected chi connectivity index (χ0v) is 21.5. The zero-order chi connectivity index (χ0) is 26.7. The van der Waals surface area contributed by atoms with Gasteiger partial charge in [0.2, 0.25) is 0 Å². The van der Waals surface area contributed by atoms with Crippen LogP contribution in [0.1, 0.15) is 47.8 Å². The van der Waals surface area contributed by atoms with Gasteiger partial charge in [-0.2, -0.15) is 0 Å². The van der Waals surface area contributed by atoms with Crippen LogP contribution in [-0.4, -0.2) is 53.8 Å². The number of ether oxygens (including phenoxy) is 2. The number of morpholine rings is 1. The highest BCUT2D eigenvalue weighted by molar-refractivity contribution is 5.99. The summed E-state index contributed by atoms with van der Waals surface area (Å²) in [6.07, 6.45) is 5.15. The Hall–Kier alpha value is -4.11. The Kier molecular flexibility index (Phi) is 7.35. The van der Waals surface area contributed by atoms with Gasteiger partial charge < -0.3 is 20.1 Å². The molecule has 1 aliphatic rings. The van der Waals surface area contributed by atoms with Crippen LogP contribution in [0.15, 0.2) is 52.2 Å². The molecule has 3 N–H and O–H groups in total. The van der Waals surface area contributed by atoms with E-state index in [-0.39, 0.29) is 11.3 Å². The molecule has 0 radical (unpaired) electrons. The molecule has 4 rings (SSSR count). The second-order valence-corrected chi connectivity index (χ2v) is 9.93. The highest BCUT2D eigenvalue weighted by atomic mass is 16.5. The predicted octanol–water partition coefficient (Wildman–Crippen LogP) is 3.06. The van der Waals surface area contributed by atoms with Crippen molar-refractivity contribution < 1.29 is 14.3 Å². The van der Waals surface area contributed by atoms with Crippen LogP contribution in [0.2, 0.25) is 0 Å². The first kappa shape index (κ1) is 26.0. The second kappa shape index (κ2) is 10.5. The molecule has 0 atom stereocenters. The summed E-state index contributed by atoms with van der Waals surface area (Å²) in [4.78, 5) is 41.5. The van der Waals surface area contributed by atoms with Crippen LogP contribution in [0.25, 0.3) is 17.8 Å². The van der Waals surface area contributed by atoms with E-state index in [1.807, 2.05) is 30.4 Å². The van der Waals surface area contributed by atoms with E-state index in [0.717, 1.165) is 5.56 Å². The van der Waals surface area contributed by atoms with Crippen molar-refractivity contribution in [3.8, 4) is 11.4 Å². The number of hydrogen-bond acceptors (Lipinski definition) is 6. The number of benzene rings is 2. The van der Waals surface area contributed by atoms with E-state index < -0.39 is 11.2 Å². The van der Waals surface area contributed by atoms with Crippen LogP contribution in [0.4, 0.5) is 5.69 Å². The van der Waals surface area contributed by atoms with Crippen LogP contribution in [-0.2, 0) is 10.2 Å². The van der Waals surface area contributed by atoms with E-state index in [1.54, 1.807) is 24.1 Å². The number of carbonyl (C=O) groups is 1. The number of amides is 1. The van der Waals surface area contributed by atoms with E-state index in [4.69, 9.17) is 15.2 Å². The van der Waals surface area contributed by atoms with E-state index in [0.29, 0.717) is 60.1 Å². The van der Waals surface area contributed by atoms with Crippen molar-refractivity contribution in [2.75, 3.05) is 39.1 Å². The van der Waals surface area contributed by atoms with Gasteiger partial charge in [0.05, 0.1) is 26.0 Å². The molecule has 2 aromatic carbocycles. The van der Waals surface area contributed by atoms with Crippen molar-refractivity contribution in [2.24, 2.45) is 0 Å². The fourth-order valence-corrected chi connectivity index (χ4v) is 4.32. The van der Waals surface area contributed by atoms with E-state index in [2.05, 4.69) is 25.8 Å². The van der Waals surface area contributed by atoms with Crippen LogP contribution in [0, 0.1) is 0 Å². The first-order chi connectivity index (χ1) is 17.6. The minimum absolute atomic E-state index is 0.105. The standard InChI is InChI=1S/C28H32N4O5/c1-28(2,3)23-17-21(32-10-9-24(33)30-27(32)35)15-19(25(23)36-4)6-5-18-7-8-20(29)16-22(18)26(34)31-11-13-37-14-12-31/h5-10,15-17H,11-14,29H2,1-4H3,(H,30,33,35)/b6-5+. The van der Waals surface area contributed by atoms with Crippen molar-refractivity contribution in [1.29, 1.82) is 0 Å². The van der Waals surface area contributed by atoms with E-state index in [9.17, 15) is 14.4 Å². The Morgan fingerprint density at radius 3 is 2.41 bits per heavy atom. The zero-order valence-electron chi connectivity index (χ0n) is 21.5. The summed E-state index contributed by atoms with van der Waals surface area (Å²) in [7, 11) is 1.60. The summed E-state index contributed by atoms with van der Waals surface area (Å²) in [5.41, 5.74) is 8.59. The predicted molar refractivity (Wildman–Crippen MR) is 144 cm³/mol. The number of nitrogens with one attached hydrogen (secondary N) is 1. The smallest absolute Gasteiger partial charge is 0.332 e. The Morgan fingerprint density at radius 2 is 1.76 bits per heavy atom. The minimum atomic E-state index is -0.538. The SMILES string of the molecule is COc1c(/C=C/c2ccc(N)cc2C(=O)N2CCOCC2)cc(-n2ccc(=O)[nH]c2=O)cc1C(C)(C)C. The van der Waals surface area contributed by atoms with Gasteiger partial charge in [-0.05, 0) is 35.2 Å². The molecular formula is C28H32N4O5. The molecule has 9 nitrogen and oxygen atoms in total. The molecule has 9 heteroatoms. The second-order valence-electron chi connectivity index (χ2n) is 9.93. The molecule has 1 aromatic heterocycles. The molecule has 0 saturated carbocycles. The van der Waals surface area contributed by atoms with Gasteiger partial charge in [0.1, 0.15) is 5.75 Å². The van der Waals surface area contributed by atoms with Gasteiger partial charge in [-0.1, -0.05) is 39.0 Å². The summed E-state index contributed by atoms with van der Waals surface area (Å²) in [6, 6.07) is 10.2. The molecule has 1 aliphatic heterocycles. The fourth-order valence-electron chi connectivity index (χ4n) is 4.32. The maximum Gasteiger partial charge on any atom is 0.332 e. The number of rotatable bonds is 5. The quantitative estimate of drug-likeness (QED) is 0.407. The summed E-state index contributed by atoms with van der Waals surface area (Å²) in [5.74, 6) is 0.549. The molecule has 0 unspecified atom stereocenters. The van der Waals surface area contributed by atoms with Gasteiger partial charge in [-0.3, -0.25) is 19.1 Å². The third-order valence-corrected chi connectivity index (χ3v) is 6.27. The van der Waals surface area contributed by atoms with Crippen LogP contribution < -0.4 is 21.7 Å². The van der Waals surface area contributed by atoms with Crippen molar-refractivity contribution >= 4 is 23.7 Å². The largest absolute Gasteiger partial charge is 0.496 e. The number of hydrogen-bond donors (Lipinski definition) is 2. The lowest BCUT2D eigenvalue weighted by molar-refractivity contribution is 0.0303. The number of carbonyl (C=O) groups excluding carboxylic acids is 1. The van der Waals surface area contributed by atoms with Crippen molar-refractivity contribution in [3.63, 3.8) is 0 Å². The van der Waals surface area contributed by atoms with E-state index >= 15 is 0 Å². The van der Waals surface area contributed by atoms with Crippen LogP contribution >= 0.6 is 0 Å². The third-order valence-electron chi connectivity index (χ3n) is 6.27. The summed E-state index contributed by atoms with van der Waals surface area (Å²) >= 11 is 0. The number of nitrogens with two attached hydrogens (primary N) is 1. The first-order valence-corrected chi connectivity index (χ1v) is 12.1. The monoisotopic (exact) mass is 504 g/mol. The molecule has 0 aliphatic carbocycles. The lowest BCUT2D eigenvalue weighted by Gasteiger charge is -2.27. The summed E-state index contributed by atoms with van der Waals surface area (Å²) in [6.45, 7) is 8.21. The first-order valence-electron chi connectivity index (χ1n) is 12.1. The van der Waals surface area contributed by atoms with Crippen molar-refractivity contribution in [3.05, 3.63) is 85.7 Å². The highest BCUT2D eigenvalue weighted by Crippen LogP contribution is 2.37. The maximum absolute atomic E-state index is 13.3. The lowest BCUT2D eigenvalue weighted by atomic mass is 9.84. The van der Waals surface area contributed by atoms with Gasteiger partial charge in [-0.25, -0.2) is 4.79 Å². The minimum Gasteiger partial charge on any atom is -0.496 e. The molecular weight excluding hydrogens is 472 g/mol. The molecule has 3 aromatic rings. The number of H-pyrrole nitrogens is 1. The van der Waals surface area contributed by atoms with Crippen LogP contribution in [0.5, 0.6) is 5.75 Å². The van der Waals surface area contributed by atoms with E-state index in [1.165, 1.54) is 16.8 Å². The van der Waals surface area contributed by atoms with Gasteiger partial charge in [0, 0.05) is 47.7 Å². The average molecular weight is 505 g/mol. The molecule has 0 spiro atoms. The topological polar surface area (TPSA) is 120 Å². The average Bonchev–Trinajstić information content (AvgIpc) is 2.87. The Balaban J connectivity index is 1.84. The van der Waals surface area contributed by atoms with Gasteiger partial charge >= 0.3 is 5.69 Å². The molecule has 1 saturated heterocycles. The molecule has 2 heterocycles. The lowest BCUT2D eigenvalue weighted by Crippen LogP contribution is -2.40. The fraction of sp³-hybridized carbons (Fsp3) is 0.321. The molecule has 37 heavy (non-hydrogen) atoms. The Labute approximate surface area is 215 Å². The number of nitrogens with zero attached hydrogens (tertiary/aromatic N) is 2. The van der Waals surface area contributed by atoms with Crippen LogP contribution in [0.3, 0.4) is 0 Å². The number of anilines is 1. The Morgan fingerprint density at radius 1 is 1.05 bits per heavy atom. The van der Waals surface area contributed by atoms with Gasteiger partial charge in [-0.15, -0.1) is 0 Å². The maximum atomic E-state index is 13.3. The highest BCUT2D eigenvalue weighted by Gasteiger charge is 2.23.